The highest BCUT2D eigenvalue weighted by atomic mass is 19.1. The summed E-state index contributed by atoms with van der Waals surface area (Å²) in [5.41, 5.74) is 5.11. The molecule has 1 amide bonds. The summed E-state index contributed by atoms with van der Waals surface area (Å²) in [6, 6.07) is 3.56. The molecule has 0 saturated carbocycles. The largest absolute Gasteiger partial charge is 0.478 e. The SMILES string of the molecule is Cc1cc2c(C(=O)O)cc(C(N)=O)nc2cc1F. The fourth-order valence-corrected chi connectivity index (χ4v) is 1.66. The molecule has 92 valence electrons. The van der Waals surface area contributed by atoms with Crippen molar-refractivity contribution in [1.29, 1.82) is 0 Å². The number of halogens is 1. The first kappa shape index (κ1) is 12.0. The van der Waals surface area contributed by atoms with E-state index in [0.29, 0.717) is 5.56 Å². The highest BCUT2D eigenvalue weighted by molar-refractivity contribution is 6.05. The molecule has 0 aliphatic carbocycles. The van der Waals surface area contributed by atoms with Crippen LogP contribution in [0.1, 0.15) is 26.4 Å². The number of aryl methyl sites for hydroxylation is 1. The molecule has 1 heterocycles. The number of hydrogen-bond acceptors (Lipinski definition) is 3. The zero-order valence-electron chi connectivity index (χ0n) is 9.40. The monoisotopic (exact) mass is 248 g/mol. The van der Waals surface area contributed by atoms with Gasteiger partial charge in [0.2, 0.25) is 0 Å². The smallest absolute Gasteiger partial charge is 0.336 e. The number of nitrogens with two attached hydrogens (primary N) is 1. The quantitative estimate of drug-likeness (QED) is 0.841. The molecule has 0 radical (unpaired) electrons. The van der Waals surface area contributed by atoms with Crippen LogP contribution in [0, 0.1) is 12.7 Å². The van der Waals surface area contributed by atoms with E-state index >= 15 is 0 Å². The Kier molecular flexibility index (Phi) is 2.70. The van der Waals surface area contributed by atoms with Gasteiger partial charge in [0.15, 0.2) is 0 Å². The molecule has 0 aliphatic heterocycles. The van der Waals surface area contributed by atoms with Crippen LogP contribution in [0.3, 0.4) is 0 Å². The first-order valence-electron chi connectivity index (χ1n) is 5.04. The number of benzene rings is 1. The minimum absolute atomic E-state index is 0.0896. The molecule has 0 aliphatic rings. The maximum Gasteiger partial charge on any atom is 0.336 e. The summed E-state index contributed by atoms with van der Waals surface area (Å²) in [7, 11) is 0. The van der Waals surface area contributed by atoms with E-state index in [1.807, 2.05) is 0 Å². The molecule has 3 N–H and O–H groups in total. The number of carboxylic acid groups (broad SMARTS) is 1. The van der Waals surface area contributed by atoms with E-state index in [2.05, 4.69) is 4.98 Å². The van der Waals surface area contributed by atoms with Crippen LogP contribution in [-0.4, -0.2) is 22.0 Å². The molecule has 2 aromatic rings. The van der Waals surface area contributed by atoms with Crippen molar-refractivity contribution in [3.05, 3.63) is 40.8 Å². The van der Waals surface area contributed by atoms with Crippen LogP contribution in [0.5, 0.6) is 0 Å². The van der Waals surface area contributed by atoms with Gasteiger partial charge in [0, 0.05) is 11.5 Å². The maximum atomic E-state index is 13.4. The zero-order valence-corrected chi connectivity index (χ0v) is 9.40. The molecular formula is C12H9FN2O3. The number of carbonyl (C=O) groups excluding carboxylic acids is 1. The van der Waals surface area contributed by atoms with E-state index in [1.165, 1.54) is 13.0 Å². The van der Waals surface area contributed by atoms with Gasteiger partial charge < -0.3 is 10.8 Å². The van der Waals surface area contributed by atoms with E-state index in [9.17, 15) is 14.0 Å². The van der Waals surface area contributed by atoms with Crippen LogP contribution < -0.4 is 5.73 Å². The Morgan fingerprint density at radius 2 is 2.00 bits per heavy atom. The van der Waals surface area contributed by atoms with E-state index in [0.717, 1.165) is 12.1 Å². The van der Waals surface area contributed by atoms with Gasteiger partial charge in [-0.25, -0.2) is 14.2 Å². The second-order valence-corrected chi connectivity index (χ2v) is 3.84. The fourth-order valence-electron chi connectivity index (χ4n) is 1.66. The Morgan fingerprint density at radius 3 is 2.56 bits per heavy atom. The number of carbonyl (C=O) groups is 2. The highest BCUT2D eigenvalue weighted by Gasteiger charge is 2.15. The lowest BCUT2D eigenvalue weighted by Crippen LogP contribution is -2.15. The highest BCUT2D eigenvalue weighted by Crippen LogP contribution is 2.22. The number of primary amides is 1. The molecule has 0 spiro atoms. The maximum absolute atomic E-state index is 13.4. The molecule has 1 aromatic carbocycles. The number of aromatic nitrogens is 1. The molecule has 6 heteroatoms. The standard InChI is InChI=1S/C12H9FN2O3/c1-5-2-6-7(12(17)18)3-10(11(14)16)15-9(6)4-8(5)13/h2-4H,1H3,(H2,14,16)(H,17,18). The Hall–Kier alpha value is -2.50. The predicted octanol–water partition coefficient (Wildman–Crippen LogP) is 1.48. The average Bonchev–Trinajstić information content (AvgIpc) is 2.29. The Bertz CT molecular complexity index is 683. The Labute approximate surface area is 101 Å². The van der Waals surface area contributed by atoms with Crippen LogP contribution in [0.15, 0.2) is 18.2 Å². The van der Waals surface area contributed by atoms with Crippen molar-refractivity contribution < 1.29 is 19.1 Å². The van der Waals surface area contributed by atoms with Crippen LogP contribution in [0.4, 0.5) is 4.39 Å². The van der Waals surface area contributed by atoms with E-state index in [1.54, 1.807) is 0 Å². The van der Waals surface area contributed by atoms with Crippen LogP contribution in [0.25, 0.3) is 10.9 Å². The summed E-state index contributed by atoms with van der Waals surface area (Å²) in [5, 5.41) is 9.35. The van der Waals surface area contributed by atoms with Crippen molar-refractivity contribution in [2.75, 3.05) is 0 Å². The normalized spacial score (nSPS) is 10.6. The third-order valence-corrected chi connectivity index (χ3v) is 2.57. The molecule has 0 bridgehead atoms. The summed E-state index contributed by atoms with van der Waals surface area (Å²) in [4.78, 5) is 26.0. The Morgan fingerprint density at radius 1 is 1.33 bits per heavy atom. The van der Waals surface area contributed by atoms with Crippen LogP contribution >= 0.6 is 0 Å². The average molecular weight is 248 g/mol. The molecule has 2 rings (SSSR count). The van der Waals surface area contributed by atoms with Crippen molar-refractivity contribution in [1.82, 2.24) is 4.98 Å². The minimum Gasteiger partial charge on any atom is -0.478 e. The van der Waals surface area contributed by atoms with Crippen molar-refractivity contribution in [2.45, 2.75) is 6.92 Å². The first-order valence-corrected chi connectivity index (χ1v) is 5.04. The molecule has 0 fully saturated rings. The van der Waals surface area contributed by atoms with Gasteiger partial charge in [0.25, 0.3) is 5.91 Å². The van der Waals surface area contributed by atoms with Crippen LogP contribution in [0.2, 0.25) is 0 Å². The Balaban J connectivity index is 2.89. The topological polar surface area (TPSA) is 93.3 Å². The number of pyridine rings is 1. The number of amides is 1. The minimum atomic E-state index is -1.23. The van der Waals surface area contributed by atoms with Gasteiger partial charge in [-0.15, -0.1) is 0 Å². The van der Waals surface area contributed by atoms with Gasteiger partial charge in [-0.2, -0.15) is 0 Å². The summed E-state index contributed by atoms with van der Waals surface area (Å²) < 4.78 is 13.4. The van der Waals surface area contributed by atoms with Crippen molar-refractivity contribution in [3.8, 4) is 0 Å². The number of carboxylic acids is 1. The lowest BCUT2D eigenvalue weighted by atomic mass is 10.0. The van der Waals surface area contributed by atoms with E-state index in [-0.39, 0.29) is 22.2 Å². The number of nitrogens with zero attached hydrogens (tertiary/aromatic N) is 1. The number of hydrogen-bond donors (Lipinski definition) is 2. The number of rotatable bonds is 2. The van der Waals surface area contributed by atoms with Crippen molar-refractivity contribution >= 4 is 22.8 Å². The fraction of sp³-hybridized carbons (Fsp3) is 0.0833. The third kappa shape index (κ3) is 1.88. The molecule has 18 heavy (non-hydrogen) atoms. The summed E-state index contributed by atoms with van der Waals surface area (Å²) in [6.07, 6.45) is 0. The molecular weight excluding hydrogens is 239 g/mol. The van der Waals surface area contributed by atoms with Gasteiger partial charge in [-0.1, -0.05) is 0 Å². The molecule has 0 atom stereocenters. The zero-order chi connectivity index (χ0) is 13.4. The van der Waals surface area contributed by atoms with Gasteiger partial charge in [-0.3, -0.25) is 4.79 Å². The molecule has 0 unspecified atom stereocenters. The molecule has 5 nitrogen and oxygen atoms in total. The lowest BCUT2D eigenvalue weighted by molar-refractivity contribution is 0.0699. The molecule has 0 saturated heterocycles. The van der Waals surface area contributed by atoms with Crippen molar-refractivity contribution in [2.24, 2.45) is 5.73 Å². The van der Waals surface area contributed by atoms with Gasteiger partial charge in [0.05, 0.1) is 11.1 Å². The second kappa shape index (κ2) is 4.06. The van der Waals surface area contributed by atoms with Crippen LogP contribution in [-0.2, 0) is 0 Å². The van der Waals surface area contributed by atoms with E-state index < -0.39 is 17.7 Å². The summed E-state index contributed by atoms with van der Waals surface area (Å²) >= 11 is 0. The summed E-state index contributed by atoms with van der Waals surface area (Å²) in [5.74, 6) is -2.61. The van der Waals surface area contributed by atoms with Crippen molar-refractivity contribution in [3.63, 3.8) is 0 Å². The number of aromatic carboxylic acids is 1. The second-order valence-electron chi connectivity index (χ2n) is 3.84. The van der Waals surface area contributed by atoms with Gasteiger partial charge in [-0.05, 0) is 24.6 Å². The first-order chi connectivity index (χ1) is 8.40. The number of fused-ring (bicyclic) bond motifs is 1. The molecule has 1 aromatic heterocycles. The predicted molar refractivity (Wildman–Crippen MR) is 61.9 cm³/mol. The van der Waals surface area contributed by atoms with Gasteiger partial charge >= 0.3 is 5.97 Å². The van der Waals surface area contributed by atoms with E-state index in [4.69, 9.17) is 10.8 Å². The summed E-state index contributed by atoms with van der Waals surface area (Å²) in [6.45, 7) is 1.52. The van der Waals surface area contributed by atoms with Gasteiger partial charge in [0.1, 0.15) is 11.5 Å². The third-order valence-electron chi connectivity index (χ3n) is 2.57. The lowest BCUT2D eigenvalue weighted by Gasteiger charge is -2.06.